The van der Waals surface area contributed by atoms with Gasteiger partial charge in [0.25, 0.3) is 0 Å². The lowest BCUT2D eigenvalue weighted by Crippen LogP contribution is -2.38. The number of hydrogen-bond acceptors (Lipinski definition) is 3. The average Bonchev–Trinajstić information content (AvgIpc) is 2.48. The number of thioether (sulfide) groups is 1. The molecule has 1 rings (SSSR count). The number of nitrogens with one attached hydrogen (secondary N) is 1. The molecule has 2 atom stereocenters. The summed E-state index contributed by atoms with van der Waals surface area (Å²) in [5.74, 6) is 1.87. The van der Waals surface area contributed by atoms with E-state index in [2.05, 4.69) is 32.3 Å². The zero-order valence-corrected chi connectivity index (χ0v) is 10.9. The van der Waals surface area contributed by atoms with E-state index >= 15 is 0 Å². The van der Waals surface area contributed by atoms with Crippen molar-refractivity contribution < 1.29 is 4.79 Å². The Balaban J connectivity index is 2.48. The Bertz CT molecular complexity index is 221. The van der Waals surface area contributed by atoms with Gasteiger partial charge in [-0.1, -0.05) is 13.8 Å². The number of hydrogen-bond donors (Lipinski definition) is 1. The van der Waals surface area contributed by atoms with E-state index in [-0.39, 0.29) is 11.9 Å². The first-order chi connectivity index (χ1) is 7.06. The first-order valence-corrected chi connectivity index (χ1v) is 6.98. The van der Waals surface area contributed by atoms with Gasteiger partial charge in [0.2, 0.25) is 5.91 Å². The minimum Gasteiger partial charge on any atom is -0.325 e. The Morgan fingerprint density at radius 3 is 2.73 bits per heavy atom. The molecule has 0 saturated carbocycles. The van der Waals surface area contributed by atoms with Gasteiger partial charge in [-0.2, -0.15) is 11.8 Å². The Kier molecular flexibility index (Phi) is 4.93. The van der Waals surface area contributed by atoms with Crippen molar-refractivity contribution >= 4 is 17.7 Å². The number of carbonyl (C=O) groups excluding carboxylic acids is 1. The molecule has 4 heteroatoms. The minimum atomic E-state index is 0.0503. The second-order valence-electron chi connectivity index (χ2n) is 4.66. The molecule has 1 N–H and O–H groups in total. The smallest absolute Gasteiger partial charge is 0.241 e. The Morgan fingerprint density at radius 1 is 1.53 bits per heavy atom. The molecule has 0 aliphatic carbocycles. The van der Waals surface area contributed by atoms with E-state index < -0.39 is 0 Å². The summed E-state index contributed by atoms with van der Waals surface area (Å²) in [4.78, 5) is 14.0. The van der Waals surface area contributed by atoms with Gasteiger partial charge in [-0.3, -0.25) is 10.1 Å². The van der Waals surface area contributed by atoms with Gasteiger partial charge in [0, 0.05) is 11.8 Å². The maximum Gasteiger partial charge on any atom is 0.241 e. The predicted molar refractivity (Wildman–Crippen MR) is 65.9 cm³/mol. The number of amides is 1. The van der Waals surface area contributed by atoms with Crippen LogP contribution in [0.5, 0.6) is 0 Å². The Morgan fingerprint density at radius 2 is 2.20 bits per heavy atom. The first kappa shape index (κ1) is 12.8. The highest BCUT2D eigenvalue weighted by molar-refractivity contribution is 7.98. The van der Waals surface area contributed by atoms with E-state index in [1.54, 1.807) is 11.8 Å². The lowest BCUT2D eigenvalue weighted by Gasteiger charge is -2.23. The monoisotopic (exact) mass is 230 g/mol. The maximum atomic E-state index is 12.0. The standard InChI is InChI=1S/C11H22N2OS/c1-8(2)5-10-11(14)13(7-12-10)9(3)6-15-4/h8-10,12H,5-7H2,1-4H3. The molecule has 1 heterocycles. The third-order valence-corrected chi connectivity index (χ3v) is 3.55. The third-order valence-electron chi connectivity index (χ3n) is 2.74. The summed E-state index contributed by atoms with van der Waals surface area (Å²) >= 11 is 1.79. The van der Waals surface area contributed by atoms with Crippen LogP contribution >= 0.6 is 11.8 Å². The maximum absolute atomic E-state index is 12.0. The van der Waals surface area contributed by atoms with Crippen molar-refractivity contribution in [2.24, 2.45) is 5.92 Å². The molecule has 0 aromatic heterocycles. The fourth-order valence-corrected chi connectivity index (χ4v) is 2.60. The van der Waals surface area contributed by atoms with E-state index in [4.69, 9.17) is 0 Å². The van der Waals surface area contributed by atoms with Crippen LogP contribution < -0.4 is 5.32 Å². The molecule has 0 spiro atoms. The summed E-state index contributed by atoms with van der Waals surface area (Å²) in [6, 6.07) is 0.395. The highest BCUT2D eigenvalue weighted by atomic mass is 32.2. The lowest BCUT2D eigenvalue weighted by molar-refractivity contribution is -0.130. The molecular formula is C11H22N2OS. The van der Waals surface area contributed by atoms with Crippen molar-refractivity contribution in [1.82, 2.24) is 10.2 Å². The van der Waals surface area contributed by atoms with E-state index in [9.17, 15) is 4.79 Å². The zero-order valence-electron chi connectivity index (χ0n) is 10.1. The van der Waals surface area contributed by atoms with E-state index in [1.165, 1.54) is 0 Å². The number of nitrogens with zero attached hydrogens (tertiary/aromatic N) is 1. The molecule has 1 fully saturated rings. The molecule has 1 saturated heterocycles. The van der Waals surface area contributed by atoms with E-state index in [0.717, 1.165) is 18.8 Å². The fraction of sp³-hybridized carbons (Fsp3) is 0.909. The van der Waals surface area contributed by atoms with Crippen molar-refractivity contribution in [3.8, 4) is 0 Å². The van der Waals surface area contributed by atoms with Gasteiger partial charge in [-0.15, -0.1) is 0 Å². The summed E-state index contributed by atoms with van der Waals surface area (Å²) in [7, 11) is 0. The van der Waals surface area contributed by atoms with Crippen molar-refractivity contribution in [3.63, 3.8) is 0 Å². The number of carbonyl (C=O) groups is 1. The topological polar surface area (TPSA) is 32.3 Å². The molecule has 3 nitrogen and oxygen atoms in total. The van der Waals surface area contributed by atoms with Crippen molar-refractivity contribution in [3.05, 3.63) is 0 Å². The Hall–Kier alpha value is -0.220. The van der Waals surface area contributed by atoms with Gasteiger partial charge in [-0.05, 0) is 25.5 Å². The van der Waals surface area contributed by atoms with Gasteiger partial charge in [-0.25, -0.2) is 0 Å². The molecule has 1 aliphatic rings. The molecule has 15 heavy (non-hydrogen) atoms. The highest BCUT2D eigenvalue weighted by Gasteiger charge is 2.33. The van der Waals surface area contributed by atoms with Gasteiger partial charge < -0.3 is 4.90 Å². The molecule has 0 aromatic rings. The van der Waals surface area contributed by atoms with E-state index in [0.29, 0.717) is 12.0 Å². The summed E-state index contributed by atoms with van der Waals surface area (Å²) in [5.41, 5.74) is 0. The van der Waals surface area contributed by atoms with Gasteiger partial charge in [0.15, 0.2) is 0 Å². The first-order valence-electron chi connectivity index (χ1n) is 5.59. The van der Waals surface area contributed by atoms with Gasteiger partial charge in [0.1, 0.15) is 0 Å². The zero-order chi connectivity index (χ0) is 11.4. The minimum absolute atomic E-state index is 0.0503. The van der Waals surface area contributed by atoms with Crippen LogP contribution in [0.25, 0.3) is 0 Å². The van der Waals surface area contributed by atoms with Crippen LogP contribution in [-0.4, -0.2) is 41.6 Å². The van der Waals surface area contributed by atoms with Crippen molar-refractivity contribution in [2.75, 3.05) is 18.7 Å². The molecular weight excluding hydrogens is 208 g/mol. The molecule has 0 bridgehead atoms. The van der Waals surface area contributed by atoms with Crippen LogP contribution in [0.3, 0.4) is 0 Å². The van der Waals surface area contributed by atoms with Crippen LogP contribution in [-0.2, 0) is 4.79 Å². The second-order valence-corrected chi connectivity index (χ2v) is 5.57. The predicted octanol–water partition coefficient (Wildman–Crippen LogP) is 1.54. The molecule has 2 unspecified atom stereocenters. The molecule has 1 amide bonds. The lowest BCUT2D eigenvalue weighted by atomic mass is 10.0. The second kappa shape index (κ2) is 5.75. The number of rotatable bonds is 5. The van der Waals surface area contributed by atoms with Crippen LogP contribution in [0.1, 0.15) is 27.2 Å². The summed E-state index contributed by atoms with van der Waals surface area (Å²) in [6.07, 6.45) is 3.03. The largest absolute Gasteiger partial charge is 0.325 e. The van der Waals surface area contributed by atoms with Crippen molar-refractivity contribution in [2.45, 2.75) is 39.3 Å². The highest BCUT2D eigenvalue weighted by Crippen LogP contribution is 2.16. The Labute approximate surface area is 97.0 Å². The SMILES string of the molecule is CSCC(C)N1CNC(CC(C)C)C1=O. The summed E-state index contributed by atoms with van der Waals surface area (Å²) in [5, 5.41) is 3.29. The molecule has 0 aromatic carbocycles. The van der Waals surface area contributed by atoms with Crippen LogP contribution in [0.2, 0.25) is 0 Å². The van der Waals surface area contributed by atoms with Crippen LogP contribution in [0, 0.1) is 5.92 Å². The molecule has 1 aliphatic heterocycles. The third kappa shape index (κ3) is 3.38. The van der Waals surface area contributed by atoms with Crippen molar-refractivity contribution in [1.29, 1.82) is 0 Å². The summed E-state index contributed by atoms with van der Waals surface area (Å²) < 4.78 is 0. The van der Waals surface area contributed by atoms with Crippen LogP contribution in [0.4, 0.5) is 0 Å². The molecule has 0 radical (unpaired) electrons. The summed E-state index contributed by atoms with van der Waals surface area (Å²) in [6.45, 7) is 7.15. The van der Waals surface area contributed by atoms with E-state index in [1.807, 2.05) is 4.90 Å². The van der Waals surface area contributed by atoms with Crippen LogP contribution in [0.15, 0.2) is 0 Å². The normalized spacial score (nSPS) is 23.9. The van der Waals surface area contributed by atoms with Gasteiger partial charge in [0.05, 0.1) is 12.7 Å². The quantitative estimate of drug-likeness (QED) is 0.777. The average molecular weight is 230 g/mol. The fourth-order valence-electron chi connectivity index (χ4n) is 1.93. The van der Waals surface area contributed by atoms with Gasteiger partial charge >= 0.3 is 0 Å². The molecule has 88 valence electrons.